The molecule has 0 amide bonds. The van der Waals surface area contributed by atoms with Gasteiger partial charge >= 0.3 is 0 Å². The molecule has 2 aromatic carbocycles. The Morgan fingerprint density at radius 1 is 1.23 bits per heavy atom. The number of benzene rings is 2. The molecule has 2 atom stereocenters. The Bertz CT molecular complexity index is 775. The molecular weight excluding hydrogens is 302 g/mol. The van der Waals surface area contributed by atoms with Gasteiger partial charge < -0.3 is 9.84 Å². The molecule has 0 bridgehead atoms. The van der Waals surface area contributed by atoms with E-state index in [1.165, 1.54) is 4.31 Å². The number of aliphatic hydroxyl groups is 1. The van der Waals surface area contributed by atoms with Gasteiger partial charge in [-0.25, -0.2) is 8.42 Å². The number of hydrogen-bond acceptors (Lipinski definition) is 4. The molecule has 1 aliphatic heterocycles. The average molecular weight is 321 g/mol. The van der Waals surface area contributed by atoms with Crippen molar-refractivity contribution in [2.75, 3.05) is 20.3 Å². The first kappa shape index (κ1) is 15.4. The number of aliphatic hydroxyl groups excluding tert-OH is 1. The Morgan fingerprint density at radius 2 is 1.95 bits per heavy atom. The van der Waals surface area contributed by atoms with Crippen molar-refractivity contribution >= 4 is 20.8 Å². The van der Waals surface area contributed by atoms with Gasteiger partial charge in [0.05, 0.1) is 23.6 Å². The number of sulfonamides is 1. The van der Waals surface area contributed by atoms with E-state index in [-0.39, 0.29) is 24.2 Å². The number of fused-ring (bicyclic) bond motifs is 1. The molecule has 0 saturated carbocycles. The summed E-state index contributed by atoms with van der Waals surface area (Å²) in [5.41, 5.74) is 0. The second-order valence-corrected chi connectivity index (χ2v) is 7.40. The third kappa shape index (κ3) is 2.63. The van der Waals surface area contributed by atoms with Gasteiger partial charge in [-0.15, -0.1) is 0 Å². The van der Waals surface area contributed by atoms with Gasteiger partial charge in [0, 0.05) is 13.7 Å². The second kappa shape index (κ2) is 5.96. The van der Waals surface area contributed by atoms with E-state index >= 15 is 0 Å². The van der Waals surface area contributed by atoms with Gasteiger partial charge in [0.1, 0.15) is 0 Å². The first-order valence-corrected chi connectivity index (χ1v) is 8.64. The van der Waals surface area contributed by atoms with Crippen LogP contribution in [0.15, 0.2) is 47.4 Å². The fourth-order valence-electron chi connectivity index (χ4n) is 2.94. The third-order valence-corrected chi connectivity index (χ3v) is 6.11. The maximum atomic E-state index is 12.9. The summed E-state index contributed by atoms with van der Waals surface area (Å²) < 4.78 is 32.3. The minimum atomic E-state index is -3.64. The van der Waals surface area contributed by atoms with Crippen LogP contribution in [0.5, 0.6) is 0 Å². The van der Waals surface area contributed by atoms with Gasteiger partial charge in [-0.3, -0.25) is 0 Å². The molecule has 3 rings (SSSR count). The third-order valence-electron chi connectivity index (χ3n) is 4.20. The fourth-order valence-corrected chi connectivity index (χ4v) is 4.63. The van der Waals surface area contributed by atoms with Crippen molar-refractivity contribution < 1.29 is 18.3 Å². The van der Waals surface area contributed by atoms with Crippen LogP contribution in [0.2, 0.25) is 0 Å². The van der Waals surface area contributed by atoms with Gasteiger partial charge in [0.25, 0.3) is 0 Å². The van der Waals surface area contributed by atoms with E-state index in [1.807, 2.05) is 24.3 Å². The van der Waals surface area contributed by atoms with Crippen LogP contribution in [0.25, 0.3) is 10.8 Å². The van der Waals surface area contributed by atoms with Crippen LogP contribution >= 0.6 is 0 Å². The molecule has 22 heavy (non-hydrogen) atoms. The maximum Gasteiger partial charge on any atom is 0.243 e. The topological polar surface area (TPSA) is 66.8 Å². The summed E-state index contributed by atoms with van der Waals surface area (Å²) in [5, 5.41) is 11.3. The lowest BCUT2D eigenvalue weighted by Crippen LogP contribution is -2.38. The minimum Gasteiger partial charge on any atom is -0.395 e. The maximum absolute atomic E-state index is 12.9. The van der Waals surface area contributed by atoms with Gasteiger partial charge in [-0.05, 0) is 29.3 Å². The second-order valence-electron chi connectivity index (χ2n) is 5.51. The summed E-state index contributed by atoms with van der Waals surface area (Å²) in [4.78, 5) is 0.251. The molecule has 0 aliphatic carbocycles. The number of rotatable bonds is 4. The predicted molar refractivity (Wildman–Crippen MR) is 84.1 cm³/mol. The van der Waals surface area contributed by atoms with E-state index in [2.05, 4.69) is 0 Å². The summed E-state index contributed by atoms with van der Waals surface area (Å²) in [6.07, 6.45) is 0.340. The quantitative estimate of drug-likeness (QED) is 0.929. The highest BCUT2D eigenvalue weighted by Crippen LogP contribution is 2.29. The minimum absolute atomic E-state index is 0.174. The van der Waals surface area contributed by atoms with Crippen LogP contribution in [0.4, 0.5) is 0 Å². The average Bonchev–Trinajstić information content (AvgIpc) is 2.98. The summed E-state index contributed by atoms with van der Waals surface area (Å²) in [5.74, 6) is 0. The van der Waals surface area contributed by atoms with Crippen molar-refractivity contribution in [2.24, 2.45) is 0 Å². The molecule has 0 unspecified atom stereocenters. The SMILES string of the molecule is CO[C@@H]1C[C@@H](CO)N(S(=O)(=O)c2ccc3ccccc3c2)C1. The zero-order valence-electron chi connectivity index (χ0n) is 12.3. The smallest absolute Gasteiger partial charge is 0.243 e. The van der Waals surface area contributed by atoms with Crippen LogP contribution in [-0.2, 0) is 14.8 Å². The molecule has 5 nitrogen and oxygen atoms in total. The van der Waals surface area contributed by atoms with Crippen molar-refractivity contribution in [2.45, 2.75) is 23.5 Å². The standard InChI is InChI=1S/C16H19NO4S/c1-21-15-9-14(11-18)17(10-15)22(19,20)16-7-6-12-4-2-3-5-13(12)8-16/h2-8,14-15,18H,9-11H2,1H3/t14-,15+/m0/s1. The number of ether oxygens (including phenoxy) is 1. The van der Waals surface area contributed by atoms with Crippen molar-refractivity contribution in [1.82, 2.24) is 4.31 Å². The highest BCUT2D eigenvalue weighted by molar-refractivity contribution is 7.89. The molecule has 0 aromatic heterocycles. The summed E-state index contributed by atoms with van der Waals surface area (Å²) in [6.45, 7) is 0.0730. The van der Waals surface area contributed by atoms with Crippen LogP contribution < -0.4 is 0 Å². The van der Waals surface area contributed by atoms with Crippen LogP contribution in [0, 0.1) is 0 Å². The Morgan fingerprint density at radius 3 is 2.64 bits per heavy atom. The van der Waals surface area contributed by atoms with E-state index in [9.17, 15) is 13.5 Å². The Labute approximate surface area is 130 Å². The van der Waals surface area contributed by atoms with E-state index in [4.69, 9.17) is 4.74 Å². The normalized spacial score (nSPS) is 23.2. The van der Waals surface area contributed by atoms with Crippen molar-refractivity contribution in [3.05, 3.63) is 42.5 Å². The van der Waals surface area contributed by atoms with E-state index in [0.717, 1.165) is 10.8 Å². The van der Waals surface area contributed by atoms with E-state index < -0.39 is 16.1 Å². The molecule has 0 spiro atoms. The lowest BCUT2D eigenvalue weighted by atomic mass is 10.1. The van der Waals surface area contributed by atoms with Crippen molar-refractivity contribution in [1.29, 1.82) is 0 Å². The summed E-state index contributed by atoms with van der Waals surface area (Å²) >= 11 is 0. The lowest BCUT2D eigenvalue weighted by Gasteiger charge is -2.22. The molecule has 118 valence electrons. The monoisotopic (exact) mass is 321 g/mol. The van der Waals surface area contributed by atoms with Crippen LogP contribution in [0.3, 0.4) is 0 Å². The summed E-state index contributed by atoms with van der Waals surface area (Å²) in [6, 6.07) is 12.3. The van der Waals surface area contributed by atoms with Gasteiger partial charge in [0.15, 0.2) is 0 Å². The van der Waals surface area contributed by atoms with Crippen LogP contribution in [0.1, 0.15) is 6.42 Å². The Hall–Kier alpha value is -1.47. The number of nitrogens with zero attached hydrogens (tertiary/aromatic N) is 1. The molecule has 6 heteroatoms. The highest BCUT2D eigenvalue weighted by atomic mass is 32.2. The van der Waals surface area contributed by atoms with Crippen molar-refractivity contribution in [3.63, 3.8) is 0 Å². The summed E-state index contributed by atoms with van der Waals surface area (Å²) in [7, 11) is -2.08. The van der Waals surface area contributed by atoms with Crippen LogP contribution in [-0.4, -0.2) is 50.2 Å². The molecule has 1 fully saturated rings. The lowest BCUT2D eigenvalue weighted by molar-refractivity contribution is 0.113. The molecule has 1 saturated heterocycles. The molecule has 0 radical (unpaired) electrons. The highest BCUT2D eigenvalue weighted by Gasteiger charge is 2.40. The Kier molecular flexibility index (Phi) is 4.18. The largest absolute Gasteiger partial charge is 0.395 e. The number of methoxy groups -OCH3 is 1. The molecular formula is C16H19NO4S. The zero-order valence-corrected chi connectivity index (χ0v) is 13.2. The fraction of sp³-hybridized carbons (Fsp3) is 0.375. The van der Waals surface area contributed by atoms with Gasteiger partial charge in [-0.1, -0.05) is 30.3 Å². The molecule has 2 aromatic rings. The zero-order chi connectivity index (χ0) is 15.7. The van der Waals surface area contributed by atoms with Gasteiger partial charge in [-0.2, -0.15) is 4.31 Å². The van der Waals surface area contributed by atoms with Crippen molar-refractivity contribution in [3.8, 4) is 0 Å². The first-order chi connectivity index (χ1) is 10.6. The first-order valence-electron chi connectivity index (χ1n) is 7.20. The van der Waals surface area contributed by atoms with E-state index in [1.54, 1.807) is 25.3 Å². The number of hydrogen-bond donors (Lipinski definition) is 1. The predicted octanol–water partition coefficient (Wildman–Crippen LogP) is 1.61. The Balaban J connectivity index is 2.00. The van der Waals surface area contributed by atoms with Gasteiger partial charge in [0.2, 0.25) is 10.0 Å². The van der Waals surface area contributed by atoms with E-state index in [0.29, 0.717) is 6.42 Å². The molecule has 1 aliphatic rings. The molecule has 1 heterocycles. The molecule has 1 N–H and O–H groups in total.